The summed E-state index contributed by atoms with van der Waals surface area (Å²) in [6.07, 6.45) is 10.3. The third kappa shape index (κ3) is 2.12. The van der Waals surface area contributed by atoms with Gasteiger partial charge in [-0.15, -0.1) is 0 Å². The molecule has 0 aliphatic heterocycles. The molecule has 1 atom stereocenters. The zero-order valence-electron chi connectivity index (χ0n) is 12.7. The average Bonchev–Trinajstić information content (AvgIpc) is 2.79. The van der Waals surface area contributed by atoms with Crippen LogP contribution in [0, 0.1) is 23.2 Å². The minimum Gasteiger partial charge on any atom is -0.271 e. The van der Waals surface area contributed by atoms with Crippen LogP contribution >= 0.6 is 15.9 Å². The Morgan fingerprint density at radius 1 is 1.33 bits per heavy atom. The van der Waals surface area contributed by atoms with Crippen LogP contribution in [-0.2, 0) is 6.54 Å². The molecule has 0 radical (unpaired) electrons. The molecule has 21 heavy (non-hydrogen) atoms. The summed E-state index contributed by atoms with van der Waals surface area (Å²) in [6, 6.07) is 0.225. The maximum Gasteiger partial charge on any atom is 0.0714 e. The molecule has 0 amide bonds. The zero-order chi connectivity index (χ0) is 14.6. The van der Waals surface area contributed by atoms with Crippen molar-refractivity contribution >= 4 is 15.9 Å². The fraction of sp³-hybridized carbons (Fsp3) is 0.812. The quantitative estimate of drug-likeness (QED) is 0.644. The van der Waals surface area contributed by atoms with Gasteiger partial charge in [0.25, 0.3) is 0 Å². The van der Waals surface area contributed by atoms with Crippen LogP contribution in [0.3, 0.4) is 0 Å². The van der Waals surface area contributed by atoms with Gasteiger partial charge in [0.15, 0.2) is 0 Å². The predicted octanol–water partition coefficient (Wildman–Crippen LogP) is 3.39. The second-order valence-electron chi connectivity index (χ2n) is 7.57. The number of nitrogens with zero attached hydrogens (tertiary/aromatic N) is 2. The van der Waals surface area contributed by atoms with E-state index in [9.17, 15) is 0 Å². The summed E-state index contributed by atoms with van der Waals surface area (Å²) in [5.41, 5.74) is 4.78. The van der Waals surface area contributed by atoms with Gasteiger partial charge in [0.2, 0.25) is 0 Å². The number of hydrogen-bond donors (Lipinski definition) is 2. The van der Waals surface area contributed by atoms with Gasteiger partial charge in [-0.05, 0) is 84.5 Å². The topological polar surface area (TPSA) is 55.9 Å². The zero-order valence-corrected chi connectivity index (χ0v) is 14.3. The molecule has 0 aromatic carbocycles. The van der Waals surface area contributed by atoms with Gasteiger partial charge in [0.05, 0.1) is 22.4 Å². The first-order chi connectivity index (χ1) is 10.1. The molecular weight excluding hydrogens is 328 g/mol. The lowest BCUT2D eigenvalue weighted by atomic mass is 9.47. The first kappa shape index (κ1) is 14.2. The largest absolute Gasteiger partial charge is 0.271 e. The molecule has 4 fully saturated rings. The monoisotopic (exact) mass is 352 g/mol. The summed E-state index contributed by atoms with van der Waals surface area (Å²) in [5, 5.41) is 4.50. The highest BCUT2D eigenvalue weighted by Crippen LogP contribution is 2.64. The Morgan fingerprint density at radius 3 is 2.38 bits per heavy atom. The highest BCUT2D eigenvalue weighted by atomic mass is 79.9. The summed E-state index contributed by atoms with van der Waals surface area (Å²) < 4.78 is 3.20. The van der Waals surface area contributed by atoms with Gasteiger partial charge < -0.3 is 0 Å². The van der Waals surface area contributed by atoms with Gasteiger partial charge >= 0.3 is 0 Å². The molecule has 4 aliphatic rings. The maximum atomic E-state index is 6.07. The maximum absolute atomic E-state index is 6.07. The van der Waals surface area contributed by atoms with Crippen LogP contribution < -0.4 is 11.3 Å². The van der Waals surface area contributed by atoms with E-state index in [-0.39, 0.29) is 6.04 Å². The molecule has 3 N–H and O–H groups in total. The van der Waals surface area contributed by atoms with Gasteiger partial charge in [0.1, 0.15) is 0 Å². The van der Waals surface area contributed by atoms with Crippen LogP contribution in [-0.4, -0.2) is 9.78 Å². The average molecular weight is 353 g/mol. The molecule has 4 bridgehead atoms. The number of nitrogens with one attached hydrogen (secondary N) is 1. The minimum absolute atomic E-state index is 0.225. The molecule has 4 saturated carbocycles. The van der Waals surface area contributed by atoms with Crippen molar-refractivity contribution in [2.24, 2.45) is 29.0 Å². The number of hydrogen-bond acceptors (Lipinski definition) is 3. The van der Waals surface area contributed by atoms with E-state index >= 15 is 0 Å². The van der Waals surface area contributed by atoms with Crippen molar-refractivity contribution in [2.45, 2.75) is 58.0 Å². The van der Waals surface area contributed by atoms with E-state index in [1.807, 2.05) is 6.20 Å². The van der Waals surface area contributed by atoms with Crippen LogP contribution in [0.2, 0.25) is 0 Å². The highest BCUT2D eigenvalue weighted by Gasteiger charge is 2.55. The van der Waals surface area contributed by atoms with E-state index in [0.29, 0.717) is 5.41 Å². The van der Waals surface area contributed by atoms with Crippen molar-refractivity contribution in [3.05, 3.63) is 16.4 Å². The standard InChI is InChI=1S/C16H25BrN4/c1-2-21-14(13(17)9-19-21)15(20-18)16-6-10-3-11(7-16)5-12(4-10)8-16/h9-12,15,20H,2-8,18H2,1H3. The molecule has 4 nitrogen and oxygen atoms in total. The van der Waals surface area contributed by atoms with E-state index < -0.39 is 0 Å². The van der Waals surface area contributed by atoms with E-state index in [4.69, 9.17) is 5.84 Å². The Morgan fingerprint density at radius 2 is 1.90 bits per heavy atom. The number of halogens is 1. The van der Waals surface area contributed by atoms with E-state index in [2.05, 4.69) is 38.1 Å². The normalized spacial score (nSPS) is 38.9. The third-order valence-electron chi connectivity index (χ3n) is 6.27. The molecule has 116 valence electrons. The van der Waals surface area contributed by atoms with Crippen LogP contribution in [0.25, 0.3) is 0 Å². The van der Waals surface area contributed by atoms with Crippen molar-refractivity contribution in [2.75, 3.05) is 0 Å². The summed E-state index contributed by atoms with van der Waals surface area (Å²) >= 11 is 3.70. The van der Waals surface area contributed by atoms with Crippen molar-refractivity contribution in [1.29, 1.82) is 0 Å². The van der Waals surface area contributed by atoms with Gasteiger partial charge in [0, 0.05) is 6.54 Å². The number of rotatable bonds is 4. The Labute approximate surface area is 134 Å². The van der Waals surface area contributed by atoms with Gasteiger partial charge in [-0.3, -0.25) is 16.0 Å². The molecule has 1 aromatic heterocycles. The van der Waals surface area contributed by atoms with E-state index in [0.717, 1.165) is 28.8 Å². The van der Waals surface area contributed by atoms with Crippen LogP contribution in [0.5, 0.6) is 0 Å². The van der Waals surface area contributed by atoms with Crippen molar-refractivity contribution in [3.8, 4) is 0 Å². The van der Waals surface area contributed by atoms with Crippen LogP contribution in [0.4, 0.5) is 0 Å². The fourth-order valence-electron chi connectivity index (χ4n) is 5.99. The van der Waals surface area contributed by atoms with Crippen molar-refractivity contribution in [1.82, 2.24) is 15.2 Å². The Bertz CT molecular complexity index is 503. The minimum atomic E-state index is 0.225. The summed E-state index contributed by atoms with van der Waals surface area (Å²) in [5.74, 6) is 8.87. The molecule has 1 heterocycles. The molecule has 0 saturated heterocycles. The summed E-state index contributed by atoms with van der Waals surface area (Å²) in [7, 11) is 0. The second kappa shape index (κ2) is 5.07. The molecular formula is C16H25BrN4. The summed E-state index contributed by atoms with van der Waals surface area (Å²) in [6.45, 7) is 3.04. The van der Waals surface area contributed by atoms with Crippen molar-refractivity contribution in [3.63, 3.8) is 0 Å². The molecule has 5 heteroatoms. The highest BCUT2D eigenvalue weighted by molar-refractivity contribution is 9.10. The number of hydrazine groups is 1. The fourth-order valence-corrected chi connectivity index (χ4v) is 6.51. The van der Waals surface area contributed by atoms with Crippen LogP contribution in [0.1, 0.15) is 57.2 Å². The Kier molecular flexibility index (Phi) is 3.43. The van der Waals surface area contributed by atoms with Crippen LogP contribution in [0.15, 0.2) is 10.7 Å². The molecule has 0 spiro atoms. The molecule has 4 aliphatic carbocycles. The lowest BCUT2D eigenvalue weighted by Gasteiger charge is -2.59. The molecule has 1 aromatic rings. The Hall–Kier alpha value is -0.390. The first-order valence-electron chi connectivity index (χ1n) is 8.32. The van der Waals surface area contributed by atoms with Gasteiger partial charge in [-0.25, -0.2) is 0 Å². The summed E-state index contributed by atoms with van der Waals surface area (Å²) in [4.78, 5) is 0. The lowest BCUT2D eigenvalue weighted by Crippen LogP contribution is -2.53. The Balaban J connectivity index is 1.74. The number of nitrogens with two attached hydrogens (primary N) is 1. The first-order valence-corrected chi connectivity index (χ1v) is 9.12. The van der Waals surface area contributed by atoms with Gasteiger partial charge in [-0.2, -0.15) is 5.10 Å². The predicted molar refractivity (Wildman–Crippen MR) is 86.3 cm³/mol. The number of aryl methyl sites for hydroxylation is 1. The third-order valence-corrected chi connectivity index (χ3v) is 6.88. The van der Waals surface area contributed by atoms with E-state index in [1.165, 1.54) is 44.2 Å². The second-order valence-corrected chi connectivity index (χ2v) is 8.43. The lowest BCUT2D eigenvalue weighted by molar-refractivity contribution is -0.0765. The molecule has 5 rings (SSSR count). The SMILES string of the molecule is CCn1ncc(Br)c1C(NN)C12CC3CC(CC(C3)C1)C2. The number of aromatic nitrogens is 2. The van der Waals surface area contributed by atoms with E-state index in [1.54, 1.807) is 0 Å². The molecule has 1 unspecified atom stereocenters. The van der Waals surface area contributed by atoms with Crippen molar-refractivity contribution < 1.29 is 0 Å². The smallest absolute Gasteiger partial charge is 0.0714 e. The van der Waals surface area contributed by atoms with Gasteiger partial charge in [-0.1, -0.05) is 0 Å².